The van der Waals surface area contributed by atoms with E-state index in [2.05, 4.69) is 15.0 Å². The van der Waals surface area contributed by atoms with Gasteiger partial charge < -0.3 is 4.98 Å². The second kappa shape index (κ2) is 6.78. The van der Waals surface area contributed by atoms with Crippen LogP contribution in [0, 0.1) is 6.92 Å². The lowest BCUT2D eigenvalue weighted by molar-refractivity contribution is 0.905. The van der Waals surface area contributed by atoms with E-state index in [9.17, 15) is 4.79 Å². The van der Waals surface area contributed by atoms with E-state index in [1.807, 2.05) is 12.1 Å². The van der Waals surface area contributed by atoms with Crippen LogP contribution >= 0.6 is 35.8 Å². The zero-order valence-corrected chi connectivity index (χ0v) is 11.9. The Kier molecular flexibility index (Phi) is 5.65. The van der Waals surface area contributed by atoms with Gasteiger partial charge >= 0.3 is 0 Å². The first kappa shape index (κ1) is 15.0. The van der Waals surface area contributed by atoms with Gasteiger partial charge in [-0.1, -0.05) is 29.4 Å². The molecule has 0 fully saturated rings. The largest absolute Gasteiger partial charge is 0.301 e. The fourth-order valence-corrected chi connectivity index (χ4v) is 2.46. The monoisotopic (exact) mass is 303 g/mol. The summed E-state index contributed by atoms with van der Waals surface area (Å²) in [6, 6.07) is 5.19. The van der Waals surface area contributed by atoms with Gasteiger partial charge in [0.05, 0.1) is 0 Å². The Morgan fingerprint density at radius 1 is 1.50 bits per heavy atom. The minimum absolute atomic E-state index is 0. The molecular formula is C11H11Cl2N3OS. The van der Waals surface area contributed by atoms with Crippen LogP contribution in [0.15, 0.2) is 34.3 Å². The third kappa shape index (κ3) is 4.01. The van der Waals surface area contributed by atoms with Gasteiger partial charge in [0.1, 0.15) is 5.15 Å². The van der Waals surface area contributed by atoms with E-state index in [1.165, 1.54) is 17.8 Å². The molecule has 0 bridgehead atoms. The number of pyridine rings is 1. The molecule has 7 heteroatoms. The van der Waals surface area contributed by atoms with Gasteiger partial charge in [0.25, 0.3) is 5.56 Å². The van der Waals surface area contributed by atoms with Crippen molar-refractivity contribution in [1.29, 1.82) is 0 Å². The maximum Gasteiger partial charge on any atom is 0.251 e. The van der Waals surface area contributed by atoms with Gasteiger partial charge in [-0.3, -0.25) is 4.79 Å². The number of aryl methyl sites for hydroxylation is 1. The lowest BCUT2D eigenvalue weighted by atomic mass is 10.3. The average Bonchev–Trinajstić information content (AvgIpc) is 2.27. The van der Waals surface area contributed by atoms with E-state index in [0.717, 1.165) is 5.56 Å². The molecule has 18 heavy (non-hydrogen) atoms. The van der Waals surface area contributed by atoms with Crippen LogP contribution in [0.5, 0.6) is 0 Å². The predicted molar refractivity (Wildman–Crippen MR) is 75.7 cm³/mol. The maximum absolute atomic E-state index is 11.2. The molecule has 0 unspecified atom stereocenters. The number of halogens is 2. The van der Waals surface area contributed by atoms with Crippen molar-refractivity contribution >= 4 is 35.8 Å². The van der Waals surface area contributed by atoms with Crippen molar-refractivity contribution in [3.05, 3.63) is 51.2 Å². The smallest absolute Gasteiger partial charge is 0.251 e. The van der Waals surface area contributed by atoms with E-state index < -0.39 is 0 Å². The Labute approximate surface area is 120 Å². The molecule has 0 aliphatic heterocycles. The number of nitrogens with one attached hydrogen (secondary N) is 1. The maximum atomic E-state index is 11.2. The average molecular weight is 304 g/mol. The van der Waals surface area contributed by atoms with E-state index in [4.69, 9.17) is 11.6 Å². The van der Waals surface area contributed by atoms with Crippen molar-refractivity contribution < 1.29 is 0 Å². The predicted octanol–water partition coefficient (Wildman–Crippen LogP) is 2.84. The van der Waals surface area contributed by atoms with E-state index >= 15 is 0 Å². The summed E-state index contributed by atoms with van der Waals surface area (Å²) in [5.41, 5.74) is 1.48. The SMILES string of the molecule is Cc1cc(=O)[nH]c(SCc2cccnc2Cl)n1.Cl. The lowest BCUT2D eigenvalue weighted by Crippen LogP contribution is -2.08. The van der Waals surface area contributed by atoms with Crippen molar-refractivity contribution in [2.75, 3.05) is 0 Å². The highest BCUT2D eigenvalue weighted by Crippen LogP contribution is 2.22. The number of nitrogens with zero attached hydrogens (tertiary/aromatic N) is 2. The molecule has 0 aliphatic rings. The van der Waals surface area contributed by atoms with E-state index in [0.29, 0.717) is 21.8 Å². The topological polar surface area (TPSA) is 58.6 Å². The molecule has 1 N–H and O–H groups in total. The van der Waals surface area contributed by atoms with Crippen LogP contribution in [-0.4, -0.2) is 15.0 Å². The summed E-state index contributed by atoms with van der Waals surface area (Å²) in [5, 5.41) is 1.07. The van der Waals surface area contributed by atoms with Crippen LogP contribution in [0.1, 0.15) is 11.3 Å². The van der Waals surface area contributed by atoms with Gasteiger partial charge in [-0.15, -0.1) is 12.4 Å². The van der Waals surface area contributed by atoms with Crippen LogP contribution in [0.4, 0.5) is 0 Å². The van der Waals surface area contributed by atoms with Gasteiger partial charge in [-0.25, -0.2) is 9.97 Å². The number of aromatic amines is 1. The van der Waals surface area contributed by atoms with Crippen molar-refractivity contribution in [3.8, 4) is 0 Å². The fraction of sp³-hybridized carbons (Fsp3) is 0.182. The Bertz CT molecular complexity index is 588. The number of H-pyrrole nitrogens is 1. The van der Waals surface area contributed by atoms with Gasteiger partial charge in [0, 0.05) is 23.7 Å². The molecule has 2 aromatic rings. The summed E-state index contributed by atoms with van der Waals surface area (Å²) in [6.45, 7) is 1.79. The van der Waals surface area contributed by atoms with Crippen LogP contribution in [0.3, 0.4) is 0 Å². The summed E-state index contributed by atoms with van der Waals surface area (Å²) >= 11 is 7.36. The van der Waals surface area contributed by atoms with Gasteiger partial charge in [-0.05, 0) is 18.6 Å². The first-order chi connectivity index (χ1) is 8.15. The van der Waals surface area contributed by atoms with Crippen LogP contribution in [-0.2, 0) is 5.75 Å². The second-order valence-corrected chi connectivity index (χ2v) is 4.76. The van der Waals surface area contributed by atoms with Gasteiger partial charge in [0.2, 0.25) is 0 Å². The molecule has 2 rings (SSSR count). The highest BCUT2D eigenvalue weighted by atomic mass is 35.5. The normalized spacial score (nSPS) is 9.89. The Hall–Kier alpha value is -1.04. The first-order valence-electron chi connectivity index (χ1n) is 4.95. The summed E-state index contributed by atoms with van der Waals surface area (Å²) in [4.78, 5) is 22.1. The summed E-state index contributed by atoms with van der Waals surface area (Å²) in [6.07, 6.45) is 1.64. The molecule has 2 aromatic heterocycles. The molecule has 0 amide bonds. The molecule has 0 spiro atoms. The number of aromatic nitrogens is 3. The number of rotatable bonds is 3. The van der Waals surface area contributed by atoms with Crippen molar-refractivity contribution in [2.45, 2.75) is 17.8 Å². The molecule has 96 valence electrons. The summed E-state index contributed by atoms with van der Waals surface area (Å²) in [7, 11) is 0. The fourth-order valence-electron chi connectivity index (χ4n) is 1.29. The van der Waals surface area contributed by atoms with E-state index in [-0.39, 0.29) is 18.0 Å². The second-order valence-electron chi connectivity index (χ2n) is 3.43. The Morgan fingerprint density at radius 3 is 2.94 bits per heavy atom. The Morgan fingerprint density at radius 2 is 2.28 bits per heavy atom. The van der Waals surface area contributed by atoms with Crippen LogP contribution in [0.25, 0.3) is 0 Å². The Balaban J connectivity index is 0.00000162. The third-order valence-corrected chi connectivity index (χ3v) is 3.31. The van der Waals surface area contributed by atoms with Gasteiger partial charge in [0.15, 0.2) is 5.16 Å². The molecule has 2 heterocycles. The molecule has 0 aromatic carbocycles. The highest BCUT2D eigenvalue weighted by Gasteiger charge is 2.03. The molecule has 0 radical (unpaired) electrons. The zero-order chi connectivity index (χ0) is 12.3. The summed E-state index contributed by atoms with van der Waals surface area (Å²) < 4.78 is 0. The molecule has 0 atom stereocenters. The number of thioether (sulfide) groups is 1. The van der Waals surface area contributed by atoms with E-state index in [1.54, 1.807) is 13.1 Å². The van der Waals surface area contributed by atoms with Crippen LogP contribution in [0.2, 0.25) is 5.15 Å². The van der Waals surface area contributed by atoms with Crippen LogP contribution < -0.4 is 5.56 Å². The molecule has 0 saturated carbocycles. The van der Waals surface area contributed by atoms with Crippen molar-refractivity contribution in [3.63, 3.8) is 0 Å². The molecular weight excluding hydrogens is 293 g/mol. The first-order valence-corrected chi connectivity index (χ1v) is 6.31. The van der Waals surface area contributed by atoms with Crippen molar-refractivity contribution in [2.24, 2.45) is 0 Å². The molecule has 4 nitrogen and oxygen atoms in total. The molecule has 0 aliphatic carbocycles. The van der Waals surface area contributed by atoms with Gasteiger partial charge in [-0.2, -0.15) is 0 Å². The number of hydrogen-bond acceptors (Lipinski definition) is 4. The minimum Gasteiger partial charge on any atom is -0.301 e. The standard InChI is InChI=1S/C11H10ClN3OS.ClH/c1-7-5-9(16)15-11(14-7)17-6-8-3-2-4-13-10(8)12;/h2-5H,6H2,1H3,(H,14,15,16);1H. The lowest BCUT2D eigenvalue weighted by Gasteiger charge is -2.03. The minimum atomic E-state index is -0.141. The zero-order valence-electron chi connectivity index (χ0n) is 9.51. The summed E-state index contributed by atoms with van der Waals surface area (Å²) in [5.74, 6) is 0.624. The molecule has 0 saturated heterocycles. The highest BCUT2D eigenvalue weighted by molar-refractivity contribution is 7.98. The van der Waals surface area contributed by atoms with Crippen molar-refractivity contribution in [1.82, 2.24) is 15.0 Å². The quantitative estimate of drug-likeness (QED) is 0.538. The third-order valence-electron chi connectivity index (χ3n) is 2.05. The number of hydrogen-bond donors (Lipinski definition) is 1.